The number of aryl methyl sites for hydroxylation is 1. The minimum absolute atomic E-state index is 0.0416. The standard InChI is InChI=1S/C23H19N3O3/c1-2-16-8-10-19(11-9-16)25-22(27)18(15-24)14-21-7-4-12-26(21)20-6-3-5-17(13-20)23(28)29/h3-14H,2H2,1H3,(H,25,27)(H,28,29)/p-1/b18-14+. The lowest BCUT2D eigenvalue weighted by molar-refractivity contribution is -0.255. The zero-order chi connectivity index (χ0) is 20.8. The number of carbonyl (C=O) groups is 2. The summed E-state index contributed by atoms with van der Waals surface area (Å²) in [6.45, 7) is 2.04. The number of benzene rings is 2. The molecular formula is C23H18N3O3-. The summed E-state index contributed by atoms with van der Waals surface area (Å²) in [4.78, 5) is 23.6. The average molecular weight is 384 g/mol. The van der Waals surface area contributed by atoms with Crippen LogP contribution < -0.4 is 10.4 Å². The summed E-state index contributed by atoms with van der Waals surface area (Å²) in [5.41, 5.74) is 2.87. The molecule has 0 aliphatic rings. The van der Waals surface area contributed by atoms with Crippen molar-refractivity contribution in [3.8, 4) is 11.8 Å². The molecule has 2 aromatic carbocycles. The Morgan fingerprint density at radius 2 is 1.90 bits per heavy atom. The number of nitrogens with one attached hydrogen (secondary N) is 1. The molecule has 0 radical (unpaired) electrons. The van der Waals surface area contributed by atoms with Gasteiger partial charge in [0.05, 0.1) is 5.97 Å². The van der Waals surface area contributed by atoms with E-state index in [1.807, 2.05) is 25.1 Å². The maximum Gasteiger partial charge on any atom is 0.266 e. The fraction of sp³-hybridized carbons (Fsp3) is 0.0870. The van der Waals surface area contributed by atoms with Crippen LogP contribution in [0, 0.1) is 11.3 Å². The van der Waals surface area contributed by atoms with Gasteiger partial charge in [-0.1, -0.05) is 31.2 Å². The van der Waals surface area contributed by atoms with E-state index >= 15 is 0 Å². The van der Waals surface area contributed by atoms with E-state index in [-0.39, 0.29) is 11.1 Å². The summed E-state index contributed by atoms with van der Waals surface area (Å²) in [6.07, 6.45) is 4.08. The summed E-state index contributed by atoms with van der Waals surface area (Å²) in [7, 11) is 0. The van der Waals surface area contributed by atoms with Crippen molar-refractivity contribution in [3.63, 3.8) is 0 Å². The number of hydrogen-bond acceptors (Lipinski definition) is 4. The highest BCUT2D eigenvalue weighted by molar-refractivity contribution is 6.09. The van der Waals surface area contributed by atoms with Gasteiger partial charge in [0.25, 0.3) is 5.91 Å². The number of aromatic carboxylic acids is 1. The van der Waals surface area contributed by atoms with E-state index in [2.05, 4.69) is 5.32 Å². The molecule has 0 atom stereocenters. The van der Waals surface area contributed by atoms with Crippen molar-refractivity contribution >= 4 is 23.6 Å². The van der Waals surface area contributed by atoms with Crippen LogP contribution in [0.2, 0.25) is 0 Å². The minimum Gasteiger partial charge on any atom is -0.545 e. The maximum atomic E-state index is 12.5. The molecule has 0 spiro atoms. The first-order chi connectivity index (χ1) is 14.0. The zero-order valence-corrected chi connectivity index (χ0v) is 15.8. The van der Waals surface area contributed by atoms with Crippen molar-refractivity contribution in [2.24, 2.45) is 0 Å². The molecule has 29 heavy (non-hydrogen) atoms. The van der Waals surface area contributed by atoms with Crippen LogP contribution in [0.15, 0.2) is 72.4 Å². The number of amides is 1. The number of carboxylic acids is 1. The zero-order valence-electron chi connectivity index (χ0n) is 15.8. The first kappa shape index (κ1) is 19.6. The van der Waals surface area contributed by atoms with Crippen molar-refractivity contribution < 1.29 is 14.7 Å². The fourth-order valence-corrected chi connectivity index (χ4v) is 2.85. The van der Waals surface area contributed by atoms with Crippen molar-refractivity contribution in [1.82, 2.24) is 4.57 Å². The highest BCUT2D eigenvalue weighted by atomic mass is 16.4. The van der Waals surface area contributed by atoms with Crippen LogP contribution in [-0.4, -0.2) is 16.4 Å². The SMILES string of the molecule is CCc1ccc(NC(=O)/C(C#N)=C/c2cccn2-c2cccc(C(=O)[O-])c2)cc1. The molecule has 1 N–H and O–H groups in total. The molecule has 1 heterocycles. The molecule has 144 valence electrons. The molecule has 0 bridgehead atoms. The number of carbonyl (C=O) groups excluding carboxylic acids is 2. The van der Waals surface area contributed by atoms with E-state index < -0.39 is 11.9 Å². The van der Waals surface area contributed by atoms with Gasteiger partial charge in [-0.05, 0) is 60.0 Å². The third kappa shape index (κ3) is 4.60. The van der Waals surface area contributed by atoms with Gasteiger partial charge in [-0.3, -0.25) is 4.79 Å². The van der Waals surface area contributed by atoms with E-state index in [0.29, 0.717) is 17.1 Å². The largest absolute Gasteiger partial charge is 0.545 e. The minimum atomic E-state index is -1.28. The van der Waals surface area contributed by atoms with Crippen molar-refractivity contribution in [1.29, 1.82) is 5.26 Å². The number of rotatable bonds is 6. The second-order valence-corrected chi connectivity index (χ2v) is 6.32. The van der Waals surface area contributed by atoms with E-state index in [4.69, 9.17) is 0 Å². The van der Waals surface area contributed by atoms with Gasteiger partial charge >= 0.3 is 0 Å². The number of carboxylic acid groups (broad SMARTS) is 1. The van der Waals surface area contributed by atoms with E-state index in [9.17, 15) is 20.0 Å². The average Bonchev–Trinajstić information content (AvgIpc) is 3.20. The maximum absolute atomic E-state index is 12.5. The van der Waals surface area contributed by atoms with Gasteiger partial charge in [0.2, 0.25) is 0 Å². The Kier molecular flexibility index (Phi) is 5.91. The molecule has 1 amide bonds. The Labute approximate surface area is 168 Å². The van der Waals surface area contributed by atoms with Gasteiger partial charge in [0, 0.05) is 23.3 Å². The lowest BCUT2D eigenvalue weighted by atomic mass is 10.1. The Hall–Kier alpha value is -4.11. The van der Waals surface area contributed by atoms with Gasteiger partial charge in [-0.15, -0.1) is 0 Å². The summed E-state index contributed by atoms with van der Waals surface area (Å²) in [6, 6.07) is 19.1. The van der Waals surface area contributed by atoms with E-state index in [1.54, 1.807) is 47.2 Å². The van der Waals surface area contributed by atoms with Crippen LogP contribution in [-0.2, 0) is 11.2 Å². The van der Waals surface area contributed by atoms with E-state index in [0.717, 1.165) is 12.0 Å². The molecule has 3 rings (SSSR count). The molecule has 6 heteroatoms. The molecule has 0 saturated carbocycles. The second kappa shape index (κ2) is 8.72. The summed E-state index contributed by atoms with van der Waals surface area (Å²) in [5.74, 6) is -1.80. The second-order valence-electron chi connectivity index (χ2n) is 6.32. The summed E-state index contributed by atoms with van der Waals surface area (Å²) >= 11 is 0. The summed E-state index contributed by atoms with van der Waals surface area (Å²) < 4.78 is 1.69. The lowest BCUT2D eigenvalue weighted by Crippen LogP contribution is -2.22. The van der Waals surface area contributed by atoms with Gasteiger partial charge in [0.15, 0.2) is 0 Å². The molecule has 0 saturated heterocycles. The lowest BCUT2D eigenvalue weighted by Gasteiger charge is -2.10. The first-order valence-electron chi connectivity index (χ1n) is 9.03. The van der Waals surface area contributed by atoms with Crippen molar-refractivity contribution in [3.05, 3.63) is 89.3 Å². The molecular weight excluding hydrogens is 366 g/mol. The number of nitrogens with zero attached hydrogens (tertiary/aromatic N) is 2. The Balaban J connectivity index is 1.87. The van der Waals surface area contributed by atoms with Crippen molar-refractivity contribution in [2.45, 2.75) is 13.3 Å². The van der Waals surface area contributed by atoms with Crippen LogP contribution in [0.4, 0.5) is 5.69 Å². The first-order valence-corrected chi connectivity index (χ1v) is 9.03. The number of aromatic nitrogens is 1. The predicted molar refractivity (Wildman–Crippen MR) is 108 cm³/mol. The Morgan fingerprint density at radius 3 is 2.55 bits per heavy atom. The molecule has 1 aromatic heterocycles. The molecule has 0 aliphatic carbocycles. The molecule has 3 aromatic rings. The highest BCUT2D eigenvalue weighted by Gasteiger charge is 2.11. The van der Waals surface area contributed by atoms with Crippen LogP contribution >= 0.6 is 0 Å². The fourth-order valence-electron chi connectivity index (χ4n) is 2.85. The number of nitriles is 1. The predicted octanol–water partition coefficient (Wildman–Crippen LogP) is 2.95. The van der Waals surface area contributed by atoms with Crippen LogP contribution in [0.25, 0.3) is 11.8 Å². The third-order valence-corrected chi connectivity index (χ3v) is 4.42. The number of hydrogen-bond donors (Lipinski definition) is 1. The Bertz CT molecular complexity index is 1120. The van der Waals surface area contributed by atoms with Crippen LogP contribution in [0.1, 0.15) is 28.5 Å². The summed E-state index contributed by atoms with van der Waals surface area (Å²) in [5, 5.41) is 23.3. The van der Waals surface area contributed by atoms with Crippen LogP contribution in [0.3, 0.4) is 0 Å². The highest BCUT2D eigenvalue weighted by Crippen LogP contribution is 2.18. The monoisotopic (exact) mass is 384 g/mol. The van der Waals surface area contributed by atoms with E-state index in [1.165, 1.54) is 18.2 Å². The third-order valence-electron chi connectivity index (χ3n) is 4.42. The quantitative estimate of drug-likeness (QED) is 0.522. The molecule has 0 aliphatic heterocycles. The van der Waals surface area contributed by atoms with Gasteiger partial charge in [-0.25, -0.2) is 0 Å². The molecule has 0 unspecified atom stereocenters. The topological polar surface area (TPSA) is 98.0 Å². The van der Waals surface area contributed by atoms with Gasteiger partial charge in [0.1, 0.15) is 11.6 Å². The van der Waals surface area contributed by atoms with Crippen LogP contribution in [0.5, 0.6) is 0 Å². The molecule has 6 nitrogen and oxygen atoms in total. The van der Waals surface area contributed by atoms with Gasteiger partial charge < -0.3 is 19.8 Å². The number of anilines is 1. The van der Waals surface area contributed by atoms with Gasteiger partial charge in [-0.2, -0.15) is 5.26 Å². The van der Waals surface area contributed by atoms with Crippen molar-refractivity contribution in [2.75, 3.05) is 5.32 Å². The smallest absolute Gasteiger partial charge is 0.266 e. The molecule has 0 fully saturated rings. The normalized spacial score (nSPS) is 11.0. The Morgan fingerprint density at radius 1 is 1.14 bits per heavy atom.